The molecule has 0 aliphatic heterocycles. The summed E-state index contributed by atoms with van der Waals surface area (Å²) in [6, 6.07) is 3.27. The average Bonchev–Trinajstić information content (AvgIpc) is 2.26. The number of carboxylic acid groups (broad SMARTS) is 1. The van der Waals surface area contributed by atoms with Crippen LogP contribution in [-0.4, -0.2) is 22.0 Å². The van der Waals surface area contributed by atoms with Gasteiger partial charge in [-0.05, 0) is 18.1 Å². The first-order valence-electron chi connectivity index (χ1n) is 5.14. The van der Waals surface area contributed by atoms with Crippen LogP contribution in [0.1, 0.15) is 36.1 Å². The molecule has 0 bridgehead atoms. The standard InChI is InChI=1S/C12H12F2O4/c1-6(15)4-8-5-7(10(16)12(17)18)2-3-9(8)11(13)14/h2-3,5,10-11,16H,4H2,1H3,(H,17,18). The fourth-order valence-electron chi connectivity index (χ4n) is 1.57. The Morgan fingerprint density at radius 1 is 1.33 bits per heavy atom. The van der Waals surface area contributed by atoms with Gasteiger partial charge in [0, 0.05) is 12.0 Å². The van der Waals surface area contributed by atoms with Gasteiger partial charge in [-0.2, -0.15) is 0 Å². The summed E-state index contributed by atoms with van der Waals surface area (Å²) in [4.78, 5) is 21.6. The summed E-state index contributed by atoms with van der Waals surface area (Å²) in [5.41, 5.74) is -0.315. The van der Waals surface area contributed by atoms with E-state index >= 15 is 0 Å². The minimum atomic E-state index is -2.75. The van der Waals surface area contributed by atoms with Crippen LogP contribution in [0.2, 0.25) is 0 Å². The van der Waals surface area contributed by atoms with Crippen molar-refractivity contribution < 1.29 is 28.6 Å². The van der Waals surface area contributed by atoms with E-state index in [1.54, 1.807) is 0 Å². The molecule has 6 heteroatoms. The molecule has 1 unspecified atom stereocenters. The minimum Gasteiger partial charge on any atom is -0.479 e. The zero-order valence-electron chi connectivity index (χ0n) is 9.56. The van der Waals surface area contributed by atoms with Crippen molar-refractivity contribution in [3.63, 3.8) is 0 Å². The van der Waals surface area contributed by atoms with Crippen molar-refractivity contribution >= 4 is 11.8 Å². The molecule has 1 aromatic carbocycles. The Morgan fingerprint density at radius 2 is 1.94 bits per heavy atom. The van der Waals surface area contributed by atoms with E-state index in [0.717, 1.165) is 18.2 Å². The molecule has 0 saturated heterocycles. The Kier molecular flexibility index (Phi) is 4.49. The summed E-state index contributed by atoms with van der Waals surface area (Å²) >= 11 is 0. The maximum absolute atomic E-state index is 12.7. The summed E-state index contributed by atoms with van der Waals surface area (Å²) in [5, 5.41) is 17.9. The van der Waals surface area contributed by atoms with Crippen LogP contribution in [0.25, 0.3) is 0 Å². The van der Waals surface area contributed by atoms with Gasteiger partial charge in [-0.1, -0.05) is 18.2 Å². The van der Waals surface area contributed by atoms with E-state index in [0.29, 0.717) is 0 Å². The molecule has 0 fully saturated rings. The van der Waals surface area contributed by atoms with Crippen molar-refractivity contribution in [3.8, 4) is 0 Å². The highest BCUT2D eigenvalue weighted by Gasteiger charge is 2.20. The summed E-state index contributed by atoms with van der Waals surface area (Å²) in [6.45, 7) is 1.25. The number of carbonyl (C=O) groups excluding carboxylic acids is 1. The summed E-state index contributed by atoms with van der Waals surface area (Å²) in [6.07, 6.45) is -4.77. The highest BCUT2D eigenvalue weighted by molar-refractivity contribution is 5.79. The van der Waals surface area contributed by atoms with Crippen molar-refractivity contribution in [1.29, 1.82) is 0 Å². The largest absolute Gasteiger partial charge is 0.479 e. The van der Waals surface area contributed by atoms with Crippen LogP contribution in [0.5, 0.6) is 0 Å². The Hall–Kier alpha value is -1.82. The highest BCUT2D eigenvalue weighted by atomic mass is 19.3. The molecule has 0 aliphatic carbocycles. The third-order valence-corrected chi connectivity index (χ3v) is 2.39. The topological polar surface area (TPSA) is 74.6 Å². The second-order valence-electron chi connectivity index (χ2n) is 3.88. The van der Waals surface area contributed by atoms with Crippen LogP contribution >= 0.6 is 0 Å². The van der Waals surface area contributed by atoms with Crippen molar-refractivity contribution in [2.75, 3.05) is 0 Å². The van der Waals surface area contributed by atoms with Gasteiger partial charge in [0.25, 0.3) is 6.43 Å². The maximum atomic E-state index is 12.7. The molecule has 0 heterocycles. The van der Waals surface area contributed by atoms with Crippen LogP contribution < -0.4 is 0 Å². The van der Waals surface area contributed by atoms with Crippen molar-refractivity contribution in [1.82, 2.24) is 0 Å². The van der Waals surface area contributed by atoms with E-state index in [2.05, 4.69) is 0 Å². The Balaban J connectivity index is 3.20. The molecule has 98 valence electrons. The molecule has 18 heavy (non-hydrogen) atoms. The van der Waals surface area contributed by atoms with Gasteiger partial charge in [-0.3, -0.25) is 4.79 Å². The number of hydrogen-bond donors (Lipinski definition) is 2. The zero-order valence-corrected chi connectivity index (χ0v) is 9.56. The molecular formula is C12H12F2O4. The first kappa shape index (κ1) is 14.2. The van der Waals surface area contributed by atoms with Gasteiger partial charge < -0.3 is 10.2 Å². The molecule has 1 aromatic rings. The Labute approximate surface area is 102 Å². The van der Waals surface area contributed by atoms with E-state index < -0.39 is 18.5 Å². The van der Waals surface area contributed by atoms with Gasteiger partial charge in [0.2, 0.25) is 0 Å². The predicted molar refractivity (Wildman–Crippen MR) is 58.4 cm³/mol. The smallest absolute Gasteiger partial charge is 0.337 e. The molecular weight excluding hydrogens is 246 g/mol. The molecule has 0 saturated carbocycles. The number of carbonyl (C=O) groups is 2. The number of Topliss-reactive ketones (excluding diaryl/α,β-unsaturated/α-hetero) is 1. The number of aliphatic carboxylic acids is 1. The molecule has 4 nitrogen and oxygen atoms in total. The lowest BCUT2D eigenvalue weighted by Crippen LogP contribution is -2.12. The molecule has 0 aliphatic rings. The van der Waals surface area contributed by atoms with E-state index in [4.69, 9.17) is 5.11 Å². The van der Waals surface area contributed by atoms with Gasteiger partial charge in [0.1, 0.15) is 5.78 Å². The van der Waals surface area contributed by atoms with Gasteiger partial charge in [-0.25, -0.2) is 13.6 Å². The SMILES string of the molecule is CC(=O)Cc1cc(C(O)C(=O)O)ccc1C(F)F. The third-order valence-electron chi connectivity index (χ3n) is 2.39. The first-order valence-corrected chi connectivity index (χ1v) is 5.14. The lowest BCUT2D eigenvalue weighted by Gasteiger charge is -2.12. The molecule has 0 aromatic heterocycles. The fraction of sp³-hybridized carbons (Fsp3) is 0.333. The van der Waals surface area contributed by atoms with Crippen molar-refractivity contribution in [2.24, 2.45) is 0 Å². The second-order valence-corrected chi connectivity index (χ2v) is 3.88. The number of carboxylic acids is 1. The van der Waals surface area contributed by atoms with Gasteiger partial charge in [0.05, 0.1) is 0 Å². The van der Waals surface area contributed by atoms with E-state index in [1.165, 1.54) is 6.92 Å². The summed E-state index contributed by atoms with van der Waals surface area (Å²) in [5.74, 6) is -1.80. The number of hydrogen-bond acceptors (Lipinski definition) is 3. The second kappa shape index (κ2) is 5.68. The molecule has 2 N–H and O–H groups in total. The summed E-state index contributed by atoms with van der Waals surface area (Å²) in [7, 11) is 0. The van der Waals surface area contributed by atoms with Crippen LogP contribution in [0, 0.1) is 0 Å². The van der Waals surface area contributed by atoms with E-state index in [1.807, 2.05) is 0 Å². The predicted octanol–water partition coefficient (Wildman–Crippen LogP) is 1.87. The number of ketones is 1. The fourth-order valence-corrected chi connectivity index (χ4v) is 1.57. The maximum Gasteiger partial charge on any atom is 0.337 e. The van der Waals surface area contributed by atoms with Crippen molar-refractivity contribution in [2.45, 2.75) is 25.9 Å². The third kappa shape index (κ3) is 3.33. The quantitative estimate of drug-likeness (QED) is 0.845. The number of halogens is 2. The van der Waals surface area contributed by atoms with Crippen LogP contribution in [0.4, 0.5) is 8.78 Å². The Morgan fingerprint density at radius 3 is 2.39 bits per heavy atom. The Bertz CT molecular complexity index is 471. The molecule has 0 spiro atoms. The normalized spacial score (nSPS) is 12.5. The number of aliphatic hydroxyl groups is 1. The first-order chi connectivity index (χ1) is 8.32. The van der Waals surface area contributed by atoms with Gasteiger partial charge in [-0.15, -0.1) is 0 Å². The molecule has 1 atom stereocenters. The van der Waals surface area contributed by atoms with Crippen LogP contribution in [0.15, 0.2) is 18.2 Å². The summed E-state index contributed by atoms with van der Waals surface area (Å²) < 4.78 is 25.4. The van der Waals surface area contributed by atoms with E-state index in [-0.39, 0.29) is 28.9 Å². The molecule has 0 radical (unpaired) electrons. The number of aliphatic hydroxyl groups excluding tert-OH is 1. The monoisotopic (exact) mass is 258 g/mol. The lowest BCUT2D eigenvalue weighted by molar-refractivity contribution is -0.146. The molecule has 1 rings (SSSR count). The van der Waals surface area contributed by atoms with Crippen LogP contribution in [0.3, 0.4) is 0 Å². The average molecular weight is 258 g/mol. The van der Waals surface area contributed by atoms with Gasteiger partial charge >= 0.3 is 5.97 Å². The van der Waals surface area contributed by atoms with E-state index in [9.17, 15) is 23.5 Å². The van der Waals surface area contributed by atoms with Crippen LogP contribution in [-0.2, 0) is 16.0 Å². The minimum absolute atomic E-state index is 0.0249. The van der Waals surface area contributed by atoms with Gasteiger partial charge in [0.15, 0.2) is 6.10 Å². The number of alkyl halides is 2. The number of rotatable bonds is 5. The lowest BCUT2D eigenvalue weighted by atomic mass is 9.97. The molecule has 0 amide bonds. The zero-order chi connectivity index (χ0) is 13.9. The number of benzene rings is 1. The highest BCUT2D eigenvalue weighted by Crippen LogP contribution is 2.26. The van der Waals surface area contributed by atoms with Crippen molar-refractivity contribution in [3.05, 3.63) is 34.9 Å².